The number of carbonyl (C=O) groups is 1. The summed E-state index contributed by atoms with van der Waals surface area (Å²) in [7, 11) is 2.16. The van der Waals surface area contributed by atoms with Crippen molar-refractivity contribution in [1.82, 2.24) is 10.2 Å². The van der Waals surface area contributed by atoms with E-state index in [0.29, 0.717) is 24.3 Å². The van der Waals surface area contributed by atoms with Crippen molar-refractivity contribution in [3.8, 4) is 5.75 Å². The van der Waals surface area contributed by atoms with E-state index >= 15 is 0 Å². The molecule has 2 unspecified atom stereocenters. The third-order valence-electron chi connectivity index (χ3n) is 3.97. The first kappa shape index (κ1) is 15.8. The Bertz CT molecular complexity index is 478. The maximum absolute atomic E-state index is 10.9. The highest BCUT2D eigenvalue weighted by atomic mass is 16.5. The zero-order valence-electron chi connectivity index (χ0n) is 12.7. The van der Waals surface area contributed by atoms with Crippen molar-refractivity contribution < 1.29 is 14.6 Å². The first-order valence-electron chi connectivity index (χ1n) is 7.44. The minimum atomic E-state index is -0.932. The summed E-state index contributed by atoms with van der Waals surface area (Å²) < 4.78 is 5.61. The van der Waals surface area contributed by atoms with Gasteiger partial charge in [0.2, 0.25) is 0 Å². The van der Waals surface area contributed by atoms with Crippen LogP contribution in [0.4, 0.5) is 0 Å². The Morgan fingerprint density at radius 1 is 1.52 bits per heavy atom. The Balaban J connectivity index is 1.72. The fraction of sp³-hybridized carbons (Fsp3) is 0.562. The van der Waals surface area contributed by atoms with Crippen molar-refractivity contribution in [2.45, 2.75) is 19.4 Å². The molecule has 1 aromatic carbocycles. The zero-order valence-corrected chi connectivity index (χ0v) is 12.7. The van der Waals surface area contributed by atoms with Crippen molar-refractivity contribution in [2.24, 2.45) is 5.92 Å². The summed E-state index contributed by atoms with van der Waals surface area (Å²) in [6.07, 6.45) is 1.16. The molecule has 0 amide bonds. The second kappa shape index (κ2) is 7.43. The number of nitrogens with one attached hydrogen (secondary N) is 1. The molecule has 0 aliphatic carbocycles. The monoisotopic (exact) mass is 292 g/mol. The summed E-state index contributed by atoms with van der Waals surface area (Å²) in [5.74, 6) is 0.311. The van der Waals surface area contributed by atoms with Crippen molar-refractivity contribution in [2.75, 3.05) is 33.3 Å². The van der Waals surface area contributed by atoms with Crippen LogP contribution < -0.4 is 10.1 Å². The molecular formula is C16H24N2O3. The Morgan fingerprint density at radius 2 is 2.33 bits per heavy atom. The number of carboxylic acids is 1. The van der Waals surface area contributed by atoms with Crippen LogP contribution in [0.5, 0.6) is 5.75 Å². The molecule has 2 rings (SSSR count). The number of hydrogen-bond donors (Lipinski definition) is 2. The van der Waals surface area contributed by atoms with Gasteiger partial charge in [0.25, 0.3) is 0 Å². The van der Waals surface area contributed by atoms with Gasteiger partial charge in [-0.2, -0.15) is 0 Å². The molecule has 2 N–H and O–H groups in total. The molecule has 2 atom stereocenters. The molecule has 0 saturated carbocycles. The van der Waals surface area contributed by atoms with Crippen molar-refractivity contribution >= 4 is 5.97 Å². The van der Waals surface area contributed by atoms with Crippen LogP contribution in [0.2, 0.25) is 0 Å². The third-order valence-corrected chi connectivity index (χ3v) is 3.97. The lowest BCUT2D eigenvalue weighted by atomic mass is 9.94. The lowest BCUT2D eigenvalue weighted by Gasteiger charge is -2.35. The summed E-state index contributed by atoms with van der Waals surface area (Å²) in [6, 6.07) is 7.14. The van der Waals surface area contributed by atoms with Gasteiger partial charge in [0.05, 0.1) is 5.56 Å². The zero-order chi connectivity index (χ0) is 15.2. The van der Waals surface area contributed by atoms with Crippen molar-refractivity contribution in [3.05, 3.63) is 29.8 Å². The maximum Gasteiger partial charge on any atom is 0.335 e. The minimum Gasteiger partial charge on any atom is -0.492 e. The van der Waals surface area contributed by atoms with Crippen LogP contribution in [0.1, 0.15) is 23.7 Å². The summed E-state index contributed by atoms with van der Waals surface area (Å²) in [5.41, 5.74) is 0.254. The van der Waals surface area contributed by atoms with Crippen LogP contribution in [-0.4, -0.2) is 55.3 Å². The molecule has 0 spiro atoms. The van der Waals surface area contributed by atoms with Crippen LogP contribution in [-0.2, 0) is 0 Å². The number of rotatable bonds is 6. The number of benzene rings is 1. The van der Waals surface area contributed by atoms with Gasteiger partial charge in [-0.1, -0.05) is 13.0 Å². The van der Waals surface area contributed by atoms with E-state index in [4.69, 9.17) is 9.84 Å². The molecule has 0 aromatic heterocycles. The minimum absolute atomic E-state index is 0.254. The number of hydrogen-bond acceptors (Lipinski definition) is 4. The van der Waals surface area contributed by atoms with Gasteiger partial charge in [-0.05, 0) is 44.1 Å². The summed E-state index contributed by atoms with van der Waals surface area (Å²) in [4.78, 5) is 13.2. The molecule has 0 bridgehead atoms. The number of likely N-dealkylation sites (tertiary alicyclic amines) is 1. The molecule has 5 nitrogen and oxygen atoms in total. The van der Waals surface area contributed by atoms with Gasteiger partial charge in [-0.15, -0.1) is 0 Å². The van der Waals surface area contributed by atoms with Gasteiger partial charge in [-0.25, -0.2) is 4.79 Å². The fourth-order valence-electron chi connectivity index (χ4n) is 2.79. The highest BCUT2D eigenvalue weighted by molar-refractivity contribution is 5.87. The third kappa shape index (κ3) is 4.72. The van der Waals surface area contributed by atoms with Gasteiger partial charge in [-0.3, -0.25) is 0 Å². The van der Waals surface area contributed by atoms with Gasteiger partial charge in [0, 0.05) is 19.1 Å². The molecule has 1 saturated heterocycles. The van der Waals surface area contributed by atoms with E-state index in [-0.39, 0.29) is 5.56 Å². The van der Waals surface area contributed by atoms with Gasteiger partial charge in [0.1, 0.15) is 12.4 Å². The highest BCUT2D eigenvalue weighted by Gasteiger charge is 2.23. The lowest BCUT2D eigenvalue weighted by molar-refractivity contribution is 0.0696. The predicted octanol–water partition coefficient (Wildman–Crippen LogP) is 1.69. The number of aromatic carboxylic acids is 1. The molecule has 0 radical (unpaired) electrons. The maximum atomic E-state index is 10.9. The molecule has 1 heterocycles. The van der Waals surface area contributed by atoms with Gasteiger partial charge >= 0.3 is 5.97 Å². The molecule has 21 heavy (non-hydrogen) atoms. The number of piperidine rings is 1. The molecule has 116 valence electrons. The quantitative estimate of drug-likeness (QED) is 0.781. The normalized spacial score (nSPS) is 23.0. The van der Waals surface area contributed by atoms with E-state index in [1.54, 1.807) is 24.3 Å². The fourth-order valence-corrected chi connectivity index (χ4v) is 2.79. The Labute approximate surface area is 125 Å². The Morgan fingerprint density at radius 3 is 3.05 bits per heavy atom. The summed E-state index contributed by atoms with van der Waals surface area (Å²) in [6.45, 7) is 5.84. The largest absolute Gasteiger partial charge is 0.492 e. The molecule has 1 aliphatic rings. The van der Waals surface area contributed by atoms with Crippen molar-refractivity contribution in [1.29, 1.82) is 0 Å². The molecular weight excluding hydrogens is 268 g/mol. The van der Waals surface area contributed by atoms with Crippen LogP contribution >= 0.6 is 0 Å². The second-order valence-electron chi connectivity index (χ2n) is 5.77. The van der Waals surface area contributed by atoms with Crippen LogP contribution in [0.25, 0.3) is 0 Å². The topological polar surface area (TPSA) is 61.8 Å². The predicted molar refractivity (Wildman–Crippen MR) is 82.0 cm³/mol. The van der Waals surface area contributed by atoms with Gasteiger partial charge < -0.3 is 20.1 Å². The van der Waals surface area contributed by atoms with Gasteiger partial charge in [0.15, 0.2) is 0 Å². The van der Waals surface area contributed by atoms with Crippen LogP contribution in [0, 0.1) is 5.92 Å². The van der Waals surface area contributed by atoms with E-state index in [0.717, 1.165) is 26.1 Å². The van der Waals surface area contributed by atoms with Crippen LogP contribution in [0.3, 0.4) is 0 Å². The summed E-state index contributed by atoms with van der Waals surface area (Å²) >= 11 is 0. The van der Waals surface area contributed by atoms with Crippen molar-refractivity contribution in [3.63, 3.8) is 0 Å². The molecule has 1 fully saturated rings. The average molecular weight is 292 g/mol. The van der Waals surface area contributed by atoms with E-state index in [2.05, 4.69) is 24.2 Å². The first-order chi connectivity index (χ1) is 10.1. The molecule has 5 heteroatoms. The molecule has 1 aliphatic heterocycles. The standard InChI is InChI=1S/C16H24N2O3/c1-12-11-18(2)8-6-15(12)17-7-9-21-14-5-3-4-13(10-14)16(19)20/h3-5,10,12,15,17H,6-9,11H2,1-2H3,(H,19,20). The summed E-state index contributed by atoms with van der Waals surface area (Å²) in [5, 5.41) is 12.5. The smallest absolute Gasteiger partial charge is 0.335 e. The van der Waals surface area contributed by atoms with E-state index in [9.17, 15) is 4.79 Å². The Hall–Kier alpha value is -1.59. The first-order valence-corrected chi connectivity index (χ1v) is 7.44. The van der Waals surface area contributed by atoms with E-state index in [1.807, 2.05) is 0 Å². The number of carboxylic acid groups (broad SMARTS) is 1. The number of nitrogens with zero attached hydrogens (tertiary/aromatic N) is 1. The van der Waals surface area contributed by atoms with E-state index in [1.165, 1.54) is 0 Å². The Kier molecular flexibility index (Phi) is 5.59. The average Bonchev–Trinajstić information content (AvgIpc) is 2.45. The lowest BCUT2D eigenvalue weighted by Crippen LogP contribution is -2.47. The highest BCUT2D eigenvalue weighted by Crippen LogP contribution is 2.15. The SMILES string of the molecule is CC1CN(C)CCC1NCCOc1cccc(C(=O)O)c1. The second-order valence-corrected chi connectivity index (χ2v) is 5.77. The number of ether oxygens (including phenoxy) is 1. The van der Waals surface area contributed by atoms with E-state index < -0.39 is 5.97 Å². The molecule has 1 aromatic rings. The van der Waals surface area contributed by atoms with Crippen LogP contribution in [0.15, 0.2) is 24.3 Å².